The fourth-order valence-corrected chi connectivity index (χ4v) is 3.96. The van der Waals surface area contributed by atoms with Crippen molar-refractivity contribution in [2.45, 2.75) is 31.0 Å². The number of para-hydroxylation sites is 1. The van der Waals surface area contributed by atoms with E-state index in [4.69, 9.17) is 10.5 Å². The van der Waals surface area contributed by atoms with E-state index in [1.165, 1.54) is 21.8 Å². The van der Waals surface area contributed by atoms with Gasteiger partial charge in [0.2, 0.25) is 5.95 Å². The van der Waals surface area contributed by atoms with Crippen molar-refractivity contribution in [1.29, 1.82) is 0 Å². The van der Waals surface area contributed by atoms with Crippen LogP contribution in [-0.4, -0.2) is 71.3 Å². The average molecular weight is 425 g/mol. The zero-order valence-electron chi connectivity index (χ0n) is 16.5. The zero-order valence-corrected chi connectivity index (χ0v) is 16.5. The number of hydrogen-bond donors (Lipinski definition) is 6. The van der Waals surface area contributed by atoms with Crippen LogP contribution in [0.3, 0.4) is 0 Å². The maximum atomic E-state index is 10.3. The smallest absolute Gasteiger partial charge is 0.226 e. The van der Waals surface area contributed by atoms with E-state index < -0.39 is 31.1 Å². The number of anilines is 2. The molecule has 0 unspecified atom stereocenters. The fraction of sp³-hybridized carbons (Fsp3) is 0.350. The number of nitrogen functional groups attached to an aromatic ring is 1. The highest BCUT2D eigenvalue weighted by atomic mass is 16.6. The van der Waals surface area contributed by atoms with Gasteiger partial charge < -0.3 is 36.1 Å². The number of hydrogen-bond acceptors (Lipinski definition) is 9. The summed E-state index contributed by atoms with van der Waals surface area (Å²) in [5.74, 6) is 0.503. The molecule has 0 saturated carbocycles. The van der Waals surface area contributed by atoms with Crippen molar-refractivity contribution in [3.63, 3.8) is 0 Å². The van der Waals surface area contributed by atoms with Crippen LogP contribution >= 0.6 is 0 Å². The van der Waals surface area contributed by atoms with Crippen LogP contribution < -0.4 is 11.1 Å². The van der Waals surface area contributed by atoms with E-state index in [9.17, 15) is 15.3 Å². The second-order valence-corrected chi connectivity index (χ2v) is 7.52. The molecule has 11 nitrogen and oxygen atoms in total. The zero-order chi connectivity index (χ0) is 21.5. The SMILES string of the molecule is Nc1nc(NCCc2c[nH]c3ccccc23)nc2c1ncn2[C@@H]1O[C@H](CO)[C@@H](O)[C@H]1O. The molecule has 1 fully saturated rings. The Balaban J connectivity index is 1.37. The van der Waals surface area contributed by atoms with Crippen molar-refractivity contribution in [2.24, 2.45) is 0 Å². The largest absolute Gasteiger partial charge is 0.394 e. The van der Waals surface area contributed by atoms with E-state index in [0.29, 0.717) is 23.7 Å². The molecule has 162 valence electrons. The minimum Gasteiger partial charge on any atom is -0.394 e. The molecular formula is C20H23N7O4. The van der Waals surface area contributed by atoms with E-state index in [2.05, 4.69) is 31.3 Å². The summed E-state index contributed by atoms with van der Waals surface area (Å²) in [5.41, 5.74) is 9.04. The maximum absolute atomic E-state index is 10.3. The summed E-state index contributed by atoms with van der Waals surface area (Å²) in [6.07, 6.45) is -0.160. The number of nitrogens with two attached hydrogens (primary N) is 1. The number of nitrogens with one attached hydrogen (secondary N) is 2. The standard InChI is InChI=1S/C20H23N7O4/c21-17-14-18(27(9-24-14)19-16(30)15(29)13(8-28)31-19)26-20(25-17)22-6-5-10-7-23-12-4-2-1-3-11(10)12/h1-4,7,9,13,15-16,19,23,28-30H,5-6,8H2,(H3,21,22,25,26)/t13-,15-,16-,19-/m1/s1. The number of H-pyrrole nitrogens is 1. The molecule has 7 N–H and O–H groups in total. The van der Waals surface area contributed by atoms with Crippen LogP contribution in [0, 0.1) is 0 Å². The number of rotatable bonds is 6. The van der Waals surface area contributed by atoms with Gasteiger partial charge in [-0.25, -0.2) is 4.98 Å². The quantitative estimate of drug-likeness (QED) is 0.252. The first-order valence-electron chi connectivity index (χ1n) is 9.98. The molecule has 0 aliphatic carbocycles. The van der Waals surface area contributed by atoms with Crippen molar-refractivity contribution in [3.05, 3.63) is 42.4 Å². The van der Waals surface area contributed by atoms with Gasteiger partial charge in [-0.1, -0.05) is 18.2 Å². The molecule has 1 aliphatic heterocycles. The Labute approximate surface area is 176 Å². The topological polar surface area (TPSA) is 167 Å². The molecule has 1 aromatic carbocycles. The predicted molar refractivity (Wildman–Crippen MR) is 113 cm³/mol. The molecule has 31 heavy (non-hydrogen) atoms. The Morgan fingerprint density at radius 3 is 2.84 bits per heavy atom. The third-order valence-electron chi connectivity index (χ3n) is 5.59. The Hall–Kier alpha value is -3.25. The van der Waals surface area contributed by atoms with Gasteiger partial charge in [-0.05, 0) is 18.1 Å². The van der Waals surface area contributed by atoms with Gasteiger partial charge in [0, 0.05) is 23.6 Å². The van der Waals surface area contributed by atoms with Crippen LogP contribution in [0.5, 0.6) is 0 Å². The van der Waals surface area contributed by atoms with Gasteiger partial charge in [0.1, 0.15) is 23.8 Å². The van der Waals surface area contributed by atoms with Crippen LogP contribution in [0.2, 0.25) is 0 Å². The van der Waals surface area contributed by atoms with E-state index in [0.717, 1.165) is 11.9 Å². The third kappa shape index (κ3) is 3.37. The first kappa shape index (κ1) is 19.7. The Morgan fingerprint density at radius 2 is 2.03 bits per heavy atom. The van der Waals surface area contributed by atoms with Crippen LogP contribution in [0.25, 0.3) is 22.1 Å². The summed E-state index contributed by atoms with van der Waals surface area (Å²) < 4.78 is 7.07. The normalized spacial score (nSPS) is 23.7. The molecular weight excluding hydrogens is 402 g/mol. The lowest BCUT2D eigenvalue weighted by atomic mass is 10.1. The highest BCUT2D eigenvalue weighted by Gasteiger charge is 2.44. The van der Waals surface area contributed by atoms with Crippen LogP contribution in [0.1, 0.15) is 11.8 Å². The number of nitrogens with zero attached hydrogens (tertiary/aromatic N) is 4. The number of aromatic nitrogens is 5. The van der Waals surface area contributed by atoms with E-state index in [1.807, 2.05) is 24.4 Å². The minimum atomic E-state index is -1.25. The lowest BCUT2D eigenvalue weighted by Gasteiger charge is -2.16. The molecule has 0 spiro atoms. The molecule has 0 radical (unpaired) electrons. The van der Waals surface area contributed by atoms with Crippen molar-refractivity contribution in [2.75, 3.05) is 24.2 Å². The highest BCUT2D eigenvalue weighted by molar-refractivity contribution is 5.84. The summed E-state index contributed by atoms with van der Waals surface area (Å²) >= 11 is 0. The summed E-state index contributed by atoms with van der Waals surface area (Å²) in [4.78, 5) is 16.2. The maximum Gasteiger partial charge on any atom is 0.226 e. The summed E-state index contributed by atoms with van der Waals surface area (Å²) in [7, 11) is 0. The summed E-state index contributed by atoms with van der Waals surface area (Å²) in [6.45, 7) is 0.161. The lowest BCUT2D eigenvalue weighted by molar-refractivity contribution is -0.0511. The number of aliphatic hydroxyl groups is 3. The van der Waals surface area contributed by atoms with Gasteiger partial charge in [-0.3, -0.25) is 4.57 Å². The summed E-state index contributed by atoms with van der Waals surface area (Å²) in [5, 5.41) is 34.1. The highest BCUT2D eigenvalue weighted by Crippen LogP contribution is 2.32. The molecule has 1 saturated heterocycles. The van der Waals surface area contributed by atoms with Crippen molar-refractivity contribution in [1.82, 2.24) is 24.5 Å². The minimum absolute atomic E-state index is 0.185. The second kappa shape index (κ2) is 7.78. The molecule has 1 aliphatic rings. The van der Waals surface area contributed by atoms with Crippen LogP contribution in [-0.2, 0) is 11.2 Å². The molecule has 11 heteroatoms. The van der Waals surface area contributed by atoms with Gasteiger partial charge >= 0.3 is 0 Å². The van der Waals surface area contributed by atoms with E-state index in [1.54, 1.807) is 0 Å². The number of ether oxygens (including phenoxy) is 1. The molecule has 3 aromatic heterocycles. The summed E-state index contributed by atoms with van der Waals surface area (Å²) in [6, 6.07) is 8.09. The molecule has 4 aromatic rings. The first-order chi connectivity index (χ1) is 15.1. The van der Waals surface area contributed by atoms with Gasteiger partial charge in [-0.2, -0.15) is 9.97 Å². The monoisotopic (exact) mass is 425 g/mol. The third-order valence-corrected chi connectivity index (χ3v) is 5.59. The van der Waals surface area contributed by atoms with Crippen molar-refractivity contribution < 1.29 is 20.1 Å². The van der Waals surface area contributed by atoms with Gasteiger partial charge in [0.25, 0.3) is 0 Å². The number of fused-ring (bicyclic) bond motifs is 2. The average Bonchev–Trinajstić information content (AvgIpc) is 3.45. The Bertz CT molecular complexity index is 1220. The Kier molecular flexibility index (Phi) is 4.94. The molecule has 0 bridgehead atoms. The molecule has 0 amide bonds. The number of aliphatic hydroxyl groups excluding tert-OH is 3. The van der Waals surface area contributed by atoms with Gasteiger partial charge in [-0.15, -0.1) is 0 Å². The van der Waals surface area contributed by atoms with E-state index in [-0.39, 0.29) is 5.82 Å². The Morgan fingerprint density at radius 1 is 1.19 bits per heavy atom. The first-order valence-corrected chi connectivity index (χ1v) is 9.98. The second-order valence-electron chi connectivity index (χ2n) is 7.52. The van der Waals surface area contributed by atoms with E-state index >= 15 is 0 Å². The van der Waals surface area contributed by atoms with Crippen molar-refractivity contribution >= 4 is 33.8 Å². The van der Waals surface area contributed by atoms with Crippen molar-refractivity contribution in [3.8, 4) is 0 Å². The number of benzene rings is 1. The molecule has 4 heterocycles. The molecule has 5 rings (SSSR count). The van der Waals surface area contributed by atoms with Crippen LogP contribution in [0.15, 0.2) is 36.8 Å². The number of imidazole rings is 1. The van der Waals surface area contributed by atoms with Gasteiger partial charge in [0.15, 0.2) is 17.7 Å². The van der Waals surface area contributed by atoms with Gasteiger partial charge in [0.05, 0.1) is 12.9 Å². The fourth-order valence-electron chi connectivity index (χ4n) is 3.96. The van der Waals surface area contributed by atoms with Crippen LogP contribution in [0.4, 0.5) is 11.8 Å². The predicted octanol–water partition coefficient (Wildman–Crippen LogP) is 0.156. The lowest BCUT2D eigenvalue weighted by Crippen LogP contribution is -2.33. The number of aromatic amines is 1. The molecule has 4 atom stereocenters.